The third-order valence-electron chi connectivity index (χ3n) is 6.32. The minimum atomic E-state index is -0.410. The number of nitrogens with zero attached hydrogens (tertiary/aromatic N) is 2. The van der Waals surface area contributed by atoms with Crippen molar-refractivity contribution >= 4 is 39.1 Å². The first-order valence-electron chi connectivity index (χ1n) is 11.6. The van der Waals surface area contributed by atoms with Crippen molar-refractivity contribution < 1.29 is 14.3 Å². The number of benzene rings is 1. The van der Waals surface area contributed by atoms with E-state index in [1.807, 2.05) is 0 Å². The smallest absolute Gasteiger partial charge is 0.338 e. The van der Waals surface area contributed by atoms with E-state index in [2.05, 4.69) is 31.1 Å². The summed E-state index contributed by atoms with van der Waals surface area (Å²) in [5.41, 5.74) is 2.12. The summed E-state index contributed by atoms with van der Waals surface area (Å²) >= 11 is 1.61. The number of carbonyl (C=O) groups is 2. The first-order valence-corrected chi connectivity index (χ1v) is 12.4. The number of rotatable bonds is 5. The highest BCUT2D eigenvalue weighted by Gasteiger charge is 2.31. The highest BCUT2D eigenvalue weighted by atomic mass is 32.1. The van der Waals surface area contributed by atoms with Crippen molar-refractivity contribution in [2.75, 3.05) is 5.32 Å². The number of ether oxygens (including phenoxy) is 1. The fourth-order valence-electron chi connectivity index (χ4n) is 4.38. The number of hydrogen-bond donors (Lipinski definition) is 1. The SMILES string of the molecule is CC(C)OC(=O)c1ccc(NC(=O)Cn2cnc3sc4c(c3c2=O)CCC(C(C)(C)C)C4)cc1. The molecule has 0 fully saturated rings. The second-order valence-corrected chi connectivity index (χ2v) is 11.3. The highest BCUT2D eigenvalue weighted by Crippen LogP contribution is 2.41. The van der Waals surface area contributed by atoms with Crippen LogP contribution in [0.4, 0.5) is 5.69 Å². The topological polar surface area (TPSA) is 90.3 Å². The quantitative estimate of drug-likeness (QED) is 0.528. The summed E-state index contributed by atoms with van der Waals surface area (Å²) in [5.74, 6) is -0.163. The molecule has 1 unspecified atom stereocenters. The Morgan fingerprint density at radius 1 is 1.24 bits per heavy atom. The van der Waals surface area contributed by atoms with Gasteiger partial charge in [0.2, 0.25) is 5.91 Å². The molecular weight excluding hydrogens is 450 g/mol. The van der Waals surface area contributed by atoms with Crippen molar-refractivity contribution in [1.29, 1.82) is 0 Å². The summed E-state index contributed by atoms with van der Waals surface area (Å²) in [6, 6.07) is 6.48. The summed E-state index contributed by atoms with van der Waals surface area (Å²) in [6.45, 7) is 10.2. The van der Waals surface area contributed by atoms with Crippen LogP contribution >= 0.6 is 11.3 Å². The van der Waals surface area contributed by atoms with Crippen LogP contribution in [0.3, 0.4) is 0 Å². The Morgan fingerprint density at radius 3 is 2.59 bits per heavy atom. The molecule has 1 amide bonds. The van der Waals surface area contributed by atoms with Crippen molar-refractivity contribution in [2.45, 2.75) is 66.5 Å². The lowest BCUT2D eigenvalue weighted by molar-refractivity contribution is -0.116. The Bertz CT molecular complexity index is 1280. The largest absolute Gasteiger partial charge is 0.459 e. The predicted molar refractivity (Wildman–Crippen MR) is 134 cm³/mol. The molecule has 1 N–H and O–H groups in total. The molecule has 2 aromatic heterocycles. The number of esters is 1. The van der Waals surface area contributed by atoms with E-state index in [4.69, 9.17) is 4.74 Å². The average molecular weight is 482 g/mol. The number of fused-ring (bicyclic) bond motifs is 3. The molecule has 1 atom stereocenters. The lowest BCUT2D eigenvalue weighted by Crippen LogP contribution is -2.29. The molecule has 1 aliphatic carbocycles. The van der Waals surface area contributed by atoms with E-state index in [9.17, 15) is 14.4 Å². The molecule has 0 spiro atoms. The third kappa shape index (κ3) is 5.06. The molecule has 0 saturated carbocycles. The maximum Gasteiger partial charge on any atom is 0.338 e. The molecule has 8 heteroatoms. The zero-order valence-electron chi connectivity index (χ0n) is 20.3. The molecule has 0 aliphatic heterocycles. The summed E-state index contributed by atoms with van der Waals surface area (Å²) in [6.07, 6.45) is 4.15. The van der Waals surface area contributed by atoms with Gasteiger partial charge in [-0.05, 0) is 74.3 Å². The van der Waals surface area contributed by atoms with Gasteiger partial charge in [-0.2, -0.15) is 0 Å². The van der Waals surface area contributed by atoms with Gasteiger partial charge in [-0.15, -0.1) is 11.3 Å². The van der Waals surface area contributed by atoms with Crippen molar-refractivity contribution in [1.82, 2.24) is 9.55 Å². The molecule has 180 valence electrons. The minimum Gasteiger partial charge on any atom is -0.459 e. The van der Waals surface area contributed by atoms with Crippen LogP contribution in [-0.2, 0) is 28.9 Å². The van der Waals surface area contributed by atoms with E-state index in [0.717, 1.165) is 29.7 Å². The second kappa shape index (κ2) is 9.33. The molecule has 1 aliphatic rings. The van der Waals surface area contributed by atoms with Gasteiger partial charge in [-0.3, -0.25) is 14.2 Å². The standard InChI is InChI=1S/C26H31N3O4S/c1-15(2)33-25(32)16-6-9-18(10-7-16)28-21(30)13-29-14-27-23-22(24(29)31)19-11-8-17(26(3,4)5)12-20(19)34-23/h6-7,9-10,14-15,17H,8,11-13H2,1-5H3,(H,28,30). The number of aromatic nitrogens is 2. The normalized spacial score (nSPS) is 15.9. The fourth-order valence-corrected chi connectivity index (χ4v) is 5.64. The summed E-state index contributed by atoms with van der Waals surface area (Å²) in [7, 11) is 0. The maximum absolute atomic E-state index is 13.2. The van der Waals surface area contributed by atoms with Gasteiger partial charge in [-0.1, -0.05) is 20.8 Å². The molecule has 2 heterocycles. The Balaban J connectivity index is 1.48. The van der Waals surface area contributed by atoms with Crippen molar-refractivity contribution in [3.63, 3.8) is 0 Å². The molecule has 0 bridgehead atoms. The van der Waals surface area contributed by atoms with Gasteiger partial charge in [0.1, 0.15) is 11.4 Å². The van der Waals surface area contributed by atoms with Crippen LogP contribution in [-0.4, -0.2) is 27.5 Å². The summed E-state index contributed by atoms with van der Waals surface area (Å²) < 4.78 is 6.54. The number of nitrogens with one attached hydrogen (secondary N) is 1. The second-order valence-electron chi connectivity index (χ2n) is 10.2. The average Bonchev–Trinajstić information content (AvgIpc) is 3.13. The van der Waals surface area contributed by atoms with Crippen molar-refractivity contribution in [2.24, 2.45) is 11.3 Å². The van der Waals surface area contributed by atoms with E-state index >= 15 is 0 Å². The molecule has 1 aromatic carbocycles. The Morgan fingerprint density at radius 2 is 1.94 bits per heavy atom. The highest BCUT2D eigenvalue weighted by molar-refractivity contribution is 7.18. The maximum atomic E-state index is 13.2. The number of anilines is 1. The Labute approximate surface area is 203 Å². The van der Waals surface area contributed by atoms with Gasteiger partial charge in [0.15, 0.2) is 0 Å². The molecule has 0 radical (unpaired) electrons. The van der Waals surface area contributed by atoms with Crippen LogP contribution in [0.25, 0.3) is 10.2 Å². The molecule has 7 nitrogen and oxygen atoms in total. The Hall–Kier alpha value is -3.00. The van der Waals surface area contributed by atoms with Gasteiger partial charge in [0, 0.05) is 10.6 Å². The third-order valence-corrected chi connectivity index (χ3v) is 7.48. The van der Waals surface area contributed by atoms with Gasteiger partial charge >= 0.3 is 5.97 Å². The summed E-state index contributed by atoms with van der Waals surface area (Å²) in [5, 5.41) is 3.44. The number of amides is 1. The van der Waals surface area contributed by atoms with Crippen molar-refractivity contribution in [3.05, 3.63) is 57.0 Å². The predicted octanol–water partition coefficient (Wildman–Crippen LogP) is 4.81. The molecule has 4 rings (SSSR count). The zero-order valence-corrected chi connectivity index (χ0v) is 21.1. The van der Waals surface area contributed by atoms with Gasteiger partial charge in [-0.25, -0.2) is 9.78 Å². The van der Waals surface area contributed by atoms with Gasteiger partial charge in [0.05, 0.1) is 23.4 Å². The summed E-state index contributed by atoms with van der Waals surface area (Å²) in [4.78, 5) is 44.3. The molecule has 34 heavy (non-hydrogen) atoms. The van der Waals surface area contributed by atoms with Crippen LogP contribution in [0, 0.1) is 11.3 Å². The number of hydrogen-bond acceptors (Lipinski definition) is 6. The first kappa shape index (κ1) is 24.1. The van der Waals surface area contributed by atoms with E-state index in [-0.39, 0.29) is 29.5 Å². The lowest BCUT2D eigenvalue weighted by Gasteiger charge is -2.33. The monoisotopic (exact) mass is 481 g/mol. The van der Waals surface area contributed by atoms with Crippen LogP contribution in [0.1, 0.15) is 61.8 Å². The van der Waals surface area contributed by atoms with Crippen molar-refractivity contribution in [3.8, 4) is 0 Å². The molecule has 0 saturated heterocycles. The van der Waals surface area contributed by atoms with Gasteiger partial charge in [0.25, 0.3) is 5.56 Å². The zero-order chi connectivity index (χ0) is 24.6. The van der Waals surface area contributed by atoms with Crippen LogP contribution < -0.4 is 10.9 Å². The van der Waals surface area contributed by atoms with Crippen LogP contribution in [0.2, 0.25) is 0 Å². The fraction of sp³-hybridized carbons (Fsp3) is 0.462. The minimum absolute atomic E-state index is 0.131. The van der Waals surface area contributed by atoms with Crippen LogP contribution in [0.15, 0.2) is 35.4 Å². The van der Waals surface area contributed by atoms with E-state index < -0.39 is 5.97 Å². The van der Waals surface area contributed by atoms with E-state index in [1.165, 1.54) is 15.8 Å². The molecular formula is C26H31N3O4S. The lowest BCUT2D eigenvalue weighted by atomic mass is 9.72. The van der Waals surface area contributed by atoms with E-state index in [1.54, 1.807) is 49.4 Å². The van der Waals surface area contributed by atoms with Gasteiger partial charge < -0.3 is 10.1 Å². The van der Waals surface area contributed by atoms with Crippen LogP contribution in [0.5, 0.6) is 0 Å². The number of aryl methyl sites for hydroxylation is 1. The number of carbonyl (C=O) groups excluding carboxylic acids is 2. The van der Waals surface area contributed by atoms with E-state index in [0.29, 0.717) is 22.6 Å². The molecule has 3 aromatic rings. The number of thiophene rings is 1. The Kier molecular flexibility index (Phi) is 6.62. The first-order chi connectivity index (χ1) is 16.0.